The molecule has 1 spiro atoms. The normalized spacial score (nSPS) is 19.8. The van der Waals surface area contributed by atoms with Gasteiger partial charge in [-0.05, 0) is 36.3 Å². The lowest BCUT2D eigenvalue weighted by Crippen LogP contribution is -2.54. The second kappa shape index (κ2) is 8.29. The summed E-state index contributed by atoms with van der Waals surface area (Å²) in [6, 6.07) is 13.9. The van der Waals surface area contributed by atoms with E-state index in [1.54, 1.807) is 0 Å². The van der Waals surface area contributed by atoms with Crippen LogP contribution in [0.4, 0.5) is 0 Å². The Morgan fingerprint density at radius 1 is 1.07 bits per heavy atom. The number of hydrogen-bond donors (Lipinski definition) is 0. The van der Waals surface area contributed by atoms with Crippen LogP contribution >= 0.6 is 23.1 Å². The maximum absolute atomic E-state index is 13.2. The lowest BCUT2D eigenvalue weighted by atomic mass is 9.93. The molecule has 2 amide bonds. The summed E-state index contributed by atoms with van der Waals surface area (Å²) in [7, 11) is 0. The molecule has 2 aliphatic heterocycles. The van der Waals surface area contributed by atoms with Crippen LogP contribution < -0.4 is 0 Å². The van der Waals surface area contributed by atoms with Gasteiger partial charge in [0, 0.05) is 25.4 Å². The number of carbonyl (C=O) groups is 2. The number of amides is 2. The average Bonchev–Trinajstić information content (AvgIpc) is 3.40. The van der Waals surface area contributed by atoms with Gasteiger partial charge in [-0.15, -0.1) is 23.1 Å². The summed E-state index contributed by atoms with van der Waals surface area (Å²) in [6.07, 6.45) is 2.51. The number of thiophene rings is 1. The molecule has 1 aromatic carbocycles. The van der Waals surface area contributed by atoms with E-state index in [1.807, 2.05) is 64.5 Å². The molecule has 0 radical (unpaired) electrons. The summed E-state index contributed by atoms with van der Waals surface area (Å²) in [5, 5.41) is 1.96. The SMILES string of the molecule is CC[C@@H](C(=O)N1CCC2(CC1)SCCN2C(=O)c1cccs1)c1ccccc1. The molecule has 0 N–H and O–H groups in total. The quantitative estimate of drug-likeness (QED) is 0.742. The molecule has 0 saturated carbocycles. The van der Waals surface area contributed by atoms with Crippen molar-refractivity contribution in [3.63, 3.8) is 0 Å². The van der Waals surface area contributed by atoms with Gasteiger partial charge in [-0.2, -0.15) is 0 Å². The van der Waals surface area contributed by atoms with Crippen molar-refractivity contribution in [2.75, 3.05) is 25.4 Å². The smallest absolute Gasteiger partial charge is 0.265 e. The van der Waals surface area contributed by atoms with Crippen LogP contribution in [0.15, 0.2) is 47.8 Å². The molecule has 1 atom stereocenters. The molecule has 2 aliphatic rings. The van der Waals surface area contributed by atoms with Gasteiger partial charge in [0.15, 0.2) is 0 Å². The van der Waals surface area contributed by atoms with E-state index < -0.39 is 0 Å². The van der Waals surface area contributed by atoms with Gasteiger partial charge in [0.2, 0.25) is 5.91 Å². The second-order valence-corrected chi connectivity index (χ2v) is 9.83. The van der Waals surface area contributed by atoms with E-state index >= 15 is 0 Å². The third-order valence-corrected chi connectivity index (χ3v) is 8.33. The van der Waals surface area contributed by atoms with Gasteiger partial charge < -0.3 is 9.80 Å². The minimum atomic E-state index is -0.147. The van der Waals surface area contributed by atoms with Gasteiger partial charge in [0.25, 0.3) is 5.91 Å². The van der Waals surface area contributed by atoms with E-state index in [2.05, 4.69) is 11.8 Å². The van der Waals surface area contributed by atoms with Crippen LogP contribution in [-0.4, -0.2) is 51.9 Å². The Hall–Kier alpha value is -1.79. The highest BCUT2D eigenvalue weighted by Crippen LogP contribution is 2.45. The molecule has 6 heteroatoms. The fourth-order valence-corrected chi connectivity index (χ4v) is 6.50. The molecule has 0 aliphatic carbocycles. The first kappa shape index (κ1) is 19.5. The molecular weight excluding hydrogens is 388 g/mol. The predicted molar refractivity (Wildman–Crippen MR) is 116 cm³/mol. The number of carbonyl (C=O) groups excluding carboxylic acids is 2. The molecule has 1 aromatic heterocycles. The fraction of sp³-hybridized carbons (Fsp3) is 0.455. The summed E-state index contributed by atoms with van der Waals surface area (Å²) < 4.78 is 0. The number of benzene rings is 1. The van der Waals surface area contributed by atoms with Crippen molar-refractivity contribution in [2.24, 2.45) is 0 Å². The first-order valence-electron chi connectivity index (χ1n) is 9.98. The Bertz CT molecular complexity index is 814. The molecular formula is C22H26N2O2S2. The van der Waals surface area contributed by atoms with Gasteiger partial charge in [-0.1, -0.05) is 43.3 Å². The van der Waals surface area contributed by atoms with E-state index in [1.165, 1.54) is 11.3 Å². The molecule has 148 valence electrons. The van der Waals surface area contributed by atoms with E-state index in [-0.39, 0.29) is 22.6 Å². The minimum Gasteiger partial charge on any atom is -0.342 e. The Labute approximate surface area is 174 Å². The van der Waals surface area contributed by atoms with Crippen LogP contribution in [0.25, 0.3) is 0 Å². The number of rotatable bonds is 4. The third kappa shape index (κ3) is 3.60. The highest BCUT2D eigenvalue weighted by atomic mass is 32.2. The molecule has 4 nitrogen and oxygen atoms in total. The van der Waals surface area contributed by atoms with Crippen LogP contribution in [0.5, 0.6) is 0 Å². The number of hydrogen-bond acceptors (Lipinski definition) is 4. The summed E-state index contributed by atoms with van der Waals surface area (Å²) >= 11 is 3.41. The maximum atomic E-state index is 13.2. The summed E-state index contributed by atoms with van der Waals surface area (Å²) in [6.45, 7) is 4.33. The van der Waals surface area contributed by atoms with Crippen LogP contribution in [-0.2, 0) is 4.79 Å². The Morgan fingerprint density at radius 2 is 1.82 bits per heavy atom. The van der Waals surface area contributed by atoms with Crippen molar-refractivity contribution in [3.8, 4) is 0 Å². The van der Waals surface area contributed by atoms with Gasteiger partial charge >= 0.3 is 0 Å². The molecule has 0 unspecified atom stereocenters. The largest absolute Gasteiger partial charge is 0.342 e. The summed E-state index contributed by atoms with van der Waals surface area (Å²) in [5.74, 6) is 1.28. The van der Waals surface area contributed by atoms with Crippen molar-refractivity contribution in [3.05, 3.63) is 58.3 Å². The summed E-state index contributed by atoms with van der Waals surface area (Å²) in [5.41, 5.74) is 1.10. The zero-order chi connectivity index (χ0) is 19.6. The molecule has 3 heterocycles. The van der Waals surface area contributed by atoms with E-state index in [0.717, 1.165) is 55.1 Å². The third-order valence-electron chi connectivity index (χ3n) is 5.92. The molecule has 2 fully saturated rings. The standard InChI is InChI=1S/C22H26N2O2S2/c1-2-18(17-7-4-3-5-8-17)20(25)23-12-10-22(11-13-23)24(14-16-28-22)21(26)19-9-6-15-27-19/h3-9,15,18H,2,10-14,16H2,1H3/t18-/m1/s1. The van der Waals surface area contributed by atoms with Gasteiger partial charge in [-0.25, -0.2) is 0 Å². The zero-order valence-electron chi connectivity index (χ0n) is 16.2. The number of nitrogens with zero attached hydrogens (tertiary/aromatic N) is 2. The summed E-state index contributed by atoms with van der Waals surface area (Å²) in [4.78, 5) is 30.9. The predicted octanol–water partition coefficient (Wildman–Crippen LogP) is 4.45. The highest BCUT2D eigenvalue weighted by Gasteiger charge is 2.47. The molecule has 0 bridgehead atoms. The minimum absolute atomic E-state index is 0.0738. The van der Waals surface area contributed by atoms with Crippen LogP contribution in [0.1, 0.15) is 47.3 Å². The van der Waals surface area contributed by atoms with Crippen molar-refractivity contribution < 1.29 is 9.59 Å². The number of thioether (sulfide) groups is 1. The average molecular weight is 415 g/mol. The van der Waals surface area contributed by atoms with Crippen molar-refractivity contribution in [2.45, 2.75) is 37.0 Å². The van der Waals surface area contributed by atoms with Gasteiger partial charge in [-0.3, -0.25) is 9.59 Å². The van der Waals surface area contributed by atoms with E-state index in [4.69, 9.17) is 0 Å². The molecule has 28 heavy (non-hydrogen) atoms. The maximum Gasteiger partial charge on any atom is 0.265 e. The van der Waals surface area contributed by atoms with Crippen LogP contribution in [0, 0.1) is 0 Å². The van der Waals surface area contributed by atoms with Crippen molar-refractivity contribution in [1.82, 2.24) is 9.80 Å². The lowest BCUT2D eigenvalue weighted by Gasteiger charge is -2.44. The van der Waals surface area contributed by atoms with E-state index in [0.29, 0.717) is 0 Å². The Kier molecular flexibility index (Phi) is 5.78. The van der Waals surface area contributed by atoms with E-state index in [9.17, 15) is 9.59 Å². The number of likely N-dealkylation sites (tertiary alicyclic amines) is 1. The Morgan fingerprint density at radius 3 is 2.46 bits per heavy atom. The van der Waals surface area contributed by atoms with Gasteiger partial charge in [0.1, 0.15) is 0 Å². The zero-order valence-corrected chi connectivity index (χ0v) is 17.8. The fourth-order valence-electron chi connectivity index (χ4n) is 4.38. The van der Waals surface area contributed by atoms with Gasteiger partial charge in [0.05, 0.1) is 15.7 Å². The van der Waals surface area contributed by atoms with Crippen LogP contribution in [0.2, 0.25) is 0 Å². The van der Waals surface area contributed by atoms with Crippen molar-refractivity contribution >= 4 is 34.9 Å². The molecule has 4 rings (SSSR count). The first-order chi connectivity index (χ1) is 13.6. The highest BCUT2D eigenvalue weighted by molar-refractivity contribution is 8.00. The topological polar surface area (TPSA) is 40.6 Å². The monoisotopic (exact) mass is 414 g/mol. The second-order valence-electron chi connectivity index (χ2n) is 7.43. The molecule has 2 saturated heterocycles. The molecule has 2 aromatic rings. The van der Waals surface area contributed by atoms with Crippen LogP contribution in [0.3, 0.4) is 0 Å². The van der Waals surface area contributed by atoms with Crippen molar-refractivity contribution in [1.29, 1.82) is 0 Å². The number of piperidine rings is 1. The Balaban J connectivity index is 1.45. The lowest BCUT2D eigenvalue weighted by molar-refractivity contribution is -0.134. The first-order valence-corrected chi connectivity index (χ1v) is 11.8.